The van der Waals surface area contributed by atoms with Gasteiger partial charge in [0, 0.05) is 5.69 Å². The summed E-state index contributed by atoms with van der Waals surface area (Å²) in [6.07, 6.45) is 1.71. The minimum atomic E-state index is -0.00572. The van der Waals surface area contributed by atoms with Crippen molar-refractivity contribution in [3.05, 3.63) is 96.1 Å². The Morgan fingerprint density at radius 1 is 0.926 bits per heavy atom. The van der Waals surface area contributed by atoms with Crippen LogP contribution in [0.5, 0.6) is 5.75 Å². The molecule has 2 N–H and O–H groups in total. The largest absolute Gasteiger partial charge is 0.486 e. The highest BCUT2D eigenvalue weighted by Gasteiger charge is 2.06. The van der Waals surface area contributed by atoms with E-state index in [-0.39, 0.29) is 6.10 Å². The van der Waals surface area contributed by atoms with Gasteiger partial charge in [0.2, 0.25) is 0 Å². The maximum absolute atomic E-state index is 5.97. The number of hydrogen-bond acceptors (Lipinski definition) is 3. The molecule has 1 atom stereocenters. The van der Waals surface area contributed by atoms with Crippen molar-refractivity contribution in [1.82, 2.24) is 5.43 Å². The van der Waals surface area contributed by atoms with E-state index in [1.54, 1.807) is 6.21 Å². The second kappa shape index (κ2) is 9.50. The fraction of sp³-hybridized carbons (Fsp3) is 0.0909. The molecular weight excluding hydrogens is 354 g/mol. The summed E-state index contributed by atoms with van der Waals surface area (Å²) in [7, 11) is 0. The molecule has 0 aliphatic carbocycles. The van der Waals surface area contributed by atoms with E-state index in [0.717, 1.165) is 22.6 Å². The Morgan fingerprint density at radius 2 is 1.56 bits per heavy atom. The molecule has 0 spiro atoms. The molecule has 0 aliphatic heterocycles. The number of rotatable bonds is 6. The lowest BCUT2D eigenvalue weighted by Gasteiger charge is -2.15. The number of benzene rings is 3. The second-order valence-corrected chi connectivity index (χ2v) is 6.34. The van der Waals surface area contributed by atoms with E-state index < -0.39 is 0 Å². The van der Waals surface area contributed by atoms with Gasteiger partial charge in [-0.2, -0.15) is 5.10 Å². The SMILES string of the molecule is CC(Oc1ccc(/C=N/NC(=S)Nc2ccccc2)cc1)c1ccccc1. The lowest BCUT2D eigenvalue weighted by molar-refractivity contribution is 0.227. The van der Waals surface area contributed by atoms with E-state index in [9.17, 15) is 0 Å². The summed E-state index contributed by atoms with van der Waals surface area (Å²) in [5, 5.41) is 7.66. The second-order valence-electron chi connectivity index (χ2n) is 5.93. The van der Waals surface area contributed by atoms with Crippen LogP contribution < -0.4 is 15.5 Å². The first kappa shape index (κ1) is 18.6. The van der Waals surface area contributed by atoms with Crippen LogP contribution in [0.4, 0.5) is 5.69 Å². The van der Waals surface area contributed by atoms with Crippen LogP contribution in [0.1, 0.15) is 24.2 Å². The van der Waals surface area contributed by atoms with Gasteiger partial charge >= 0.3 is 0 Å². The van der Waals surface area contributed by atoms with Crippen LogP contribution in [0.25, 0.3) is 0 Å². The van der Waals surface area contributed by atoms with Gasteiger partial charge in [0.1, 0.15) is 11.9 Å². The number of ether oxygens (including phenoxy) is 1. The van der Waals surface area contributed by atoms with Gasteiger partial charge in [0.05, 0.1) is 6.21 Å². The van der Waals surface area contributed by atoms with Crippen molar-refractivity contribution in [2.45, 2.75) is 13.0 Å². The maximum atomic E-state index is 5.97. The van der Waals surface area contributed by atoms with Crippen LogP contribution in [0.3, 0.4) is 0 Å². The molecule has 0 fully saturated rings. The van der Waals surface area contributed by atoms with Crippen molar-refractivity contribution in [3.63, 3.8) is 0 Å². The Morgan fingerprint density at radius 3 is 2.22 bits per heavy atom. The van der Waals surface area contributed by atoms with Gasteiger partial charge in [-0.25, -0.2) is 0 Å². The van der Waals surface area contributed by atoms with Crippen LogP contribution in [0.15, 0.2) is 90.0 Å². The topological polar surface area (TPSA) is 45.6 Å². The fourth-order valence-electron chi connectivity index (χ4n) is 2.47. The van der Waals surface area contributed by atoms with E-state index in [2.05, 4.69) is 28.0 Å². The summed E-state index contributed by atoms with van der Waals surface area (Å²) in [5.41, 5.74) is 5.82. The van der Waals surface area contributed by atoms with Crippen LogP contribution in [-0.4, -0.2) is 11.3 Å². The lowest BCUT2D eigenvalue weighted by Crippen LogP contribution is -2.23. The number of nitrogens with zero attached hydrogens (tertiary/aromatic N) is 1. The molecule has 0 aliphatic rings. The quantitative estimate of drug-likeness (QED) is 0.355. The summed E-state index contributed by atoms with van der Waals surface area (Å²) < 4.78 is 5.97. The first-order valence-corrected chi connectivity index (χ1v) is 9.08. The molecule has 0 aromatic heterocycles. The number of nitrogens with one attached hydrogen (secondary N) is 2. The molecule has 136 valence electrons. The summed E-state index contributed by atoms with van der Waals surface area (Å²) in [6.45, 7) is 2.04. The first-order chi connectivity index (χ1) is 13.2. The third-order valence-corrected chi connectivity index (χ3v) is 4.07. The average Bonchev–Trinajstić information content (AvgIpc) is 2.71. The van der Waals surface area contributed by atoms with Gasteiger partial charge in [-0.3, -0.25) is 5.43 Å². The molecule has 0 heterocycles. The molecule has 0 amide bonds. The monoisotopic (exact) mass is 375 g/mol. The molecule has 0 radical (unpaired) electrons. The minimum absolute atomic E-state index is 0.00572. The lowest BCUT2D eigenvalue weighted by atomic mass is 10.1. The van der Waals surface area contributed by atoms with Crippen molar-refractivity contribution in [3.8, 4) is 5.75 Å². The molecule has 0 saturated heterocycles. The molecule has 3 aromatic rings. The smallest absolute Gasteiger partial charge is 0.191 e. The summed E-state index contributed by atoms with van der Waals surface area (Å²) in [5.74, 6) is 0.817. The Kier molecular flexibility index (Phi) is 6.55. The number of anilines is 1. The van der Waals surface area contributed by atoms with Crippen molar-refractivity contribution in [1.29, 1.82) is 0 Å². The van der Waals surface area contributed by atoms with E-state index in [1.165, 1.54) is 0 Å². The number of hydrazone groups is 1. The van der Waals surface area contributed by atoms with Gasteiger partial charge < -0.3 is 10.1 Å². The van der Waals surface area contributed by atoms with Crippen molar-refractivity contribution in [2.24, 2.45) is 5.10 Å². The molecule has 3 aromatic carbocycles. The standard InChI is InChI=1S/C22H21N3OS/c1-17(19-8-4-2-5-9-19)26-21-14-12-18(13-15-21)16-23-25-22(27)24-20-10-6-3-7-11-20/h2-17H,1H3,(H2,24,25,27)/b23-16+. The average molecular weight is 375 g/mol. The molecule has 4 nitrogen and oxygen atoms in total. The number of hydrogen-bond donors (Lipinski definition) is 2. The Bertz CT molecular complexity index is 880. The molecule has 3 rings (SSSR count). The third kappa shape index (κ3) is 5.94. The Labute approximate surface area is 164 Å². The Balaban J connectivity index is 1.50. The zero-order chi connectivity index (χ0) is 18.9. The number of thiocarbonyl (C=S) groups is 1. The van der Waals surface area contributed by atoms with E-state index in [4.69, 9.17) is 17.0 Å². The normalized spacial score (nSPS) is 11.7. The highest BCUT2D eigenvalue weighted by atomic mass is 32.1. The zero-order valence-electron chi connectivity index (χ0n) is 15.0. The molecule has 0 bridgehead atoms. The predicted octanol–water partition coefficient (Wildman–Crippen LogP) is 5.15. The molecule has 1 unspecified atom stereocenters. The molecule has 0 saturated carbocycles. The van der Waals surface area contributed by atoms with Crippen molar-refractivity contribution >= 4 is 29.2 Å². The maximum Gasteiger partial charge on any atom is 0.191 e. The van der Waals surface area contributed by atoms with E-state index >= 15 is 0 Å². The highest BCUT2D eigenvalue weighted by Crippen LogP contribution is 2.21. The van der Waals surface area contributed by atoms with E-state index in [1.807, 2.05) is 79.7 Å². The third-order valence-electron chi connectivity index (χ3n) is 3.87. The molecule has 5 heteroatoms. The summed E-state index contributed by atoms with van der Waals surface area (Å²) >= 11 is 5.21. The van der Waals surface area contributed by atoms with Crippen LogP contribution in [0.2, 0.25) is 0 Å². The first-order valence-electron chi connectivity index (χ1n) is 8.67. The van der Waals surface area contributed by atoms with Gasteiger partial charge in [0.25, 0.3) is 0 Å². The van der Waals surface area contributed by atoms with Crippen LogP contribution in [0, 0.1) is 0 Å². The van der Waals surface area contributed by atoms with E-state index in [0.29, 0.717) is 5.11 Å². The van der Waals surface area contributed by atoms with Crippen LogP contribution in [-0.2, 0) is 0 Å². The van der Waals surface area contributed by atoms with Gasteiger partial charge in [-0.1, -0.05) is 48.5 Å². The van der Waals surface area contributed by atoms with Crippen molar-refractivity contribution in [2.75, 3.05) is 5.32 Å². The van der Waals surface area contributed by atoms with Gasteiger partial charge in [0.15, 0.2) is 5.11 Å². The molecular formula is C22H21N3OS. The summed E-state index contributed by atoms with van der Waals surface area (Å²) in [6, 6.07) is 27.6. The zero-order valence-corrected chi connectivity index (χ0v) is 15.8. The van der Waals surface area contributed by atoms with Crippen LogP contribution >= 0.6 is 12.2 Å². The predicted molar refractivity (Wildman–Crippen MR) is 115 cm³/mol. The van der Waals surface area contributed by atoms with Crippen molar-refractivity contribution < 1.29 is 4.74 Å². The highest BCUT2D eigenvalue weighted by molar-refractivity contribution is 7.80. The minimum Gasteiger partial charge on any atom is -0.486 e. The number of para-hydroxylation sites is 1. The Hall–Kier alpha value is -3.18. The fourth-order valence-corrected chi connectivity index (χ4v) is 2.65. The van der Waals surface area contributed by atoms with Gasteiger partial charge in [-0.05, 0) is 66.7 Å². The molecule has 27 heavy (non-hydrogen) atoms. The summed E-state index contributed by atoms with van der Waals surface area (Å²) in [4.78, 5) is 0. The van der Waals surface area contributed by atoms with Gasteiger partial charge in [-0.15, -0.1) is 0 Å².